The van der Waals surface area contributed by atoms with Crippen LogP contribution in [0.1, 0.15) is 121 Å². The van der Waals surface area contributed by atoms with E-state index in [4.69, 9.17) is 108 Å². The molecular formula is C81H75Cl6IN8O15Sn. The van der Waals surface area contributed by atoms with Crippen molar-refractivity contribution in [3.8, 4) is 22.9 Å². The van der Waals surface area contributed by atoms with E-state index in [0.29, 0.717) is 109 Å². The number of carbonyl (C=O) groups is 6. The third-order valence-corrected chi connectivity index (χ3v) is 22.3. The van der Waals surface area contributed by atoms with Gasteiger partial charge < -0.3 is 46.6 Å². The van der Waals surface area contributed by atoms with Gasteiger partial charge in [-0.3, -0.25) is 14.8 Å². The molecule has 0 aliphatic heterocycles. The summed E-state index contributed by atoms with van der Waals surface area (Å²) in [6, 6.07) is 47.5. The van der Waals surface area contributed by atoms with Gasteiger partial charge in [-0.1, -0.05) is 119 Å². The fourth-order valence-corrected chi connectivity index (χ4v) is 13.9. The van der Waals surface area contributed by atoms with E-state index in [2.05, 4.69) is 71.4 Å². The van der Waals surface area contributed by atoms with Crippen molar-refractivity contribution in [3.05, 3.63) is 315 Å². The van der Waals surface area contributed by atoms with Crippen molar-refractivity contribution in [2.75, 3.05) is 33.0 Å². The van der Waals surface area contributed by atoms with Gasteiger partial charge in [-0.2, -0.15) is 4.98 Å². The number of hydrogen-bond acceptors (Lipinski definition) is 21. The molecule has 112 heavy (non-hydrogen) atoms. The number of oxazole rings is 4. The first-order chi connectivity index (χ1) is 53.7. The second kappa shape index (κ2) is 48.2. The Kier molecular flexibility index (Phi) is 39.2. The summed E-state index contributed by atoms with van der Waals surface area (Å²) in [5.74, 6) is -0.576. The number of carbonyl (C=O) groups excluding carboxylic acids is 5. The minimum atomic E-state index is -1.75. The summed E-state index contributed by atoms with van der Waals surface area (Å²) in [6.45, 7) is 14.3. The van der Waals surface area contributed by atoms with Crippen molar-refractivity contribution in [1.82, 2.24) is 34.9 Å². The van der Waals surface area contributed by atoms with Gasteiger partial charge in [0.05, 0.1) is 26.4 Å². The van der Waals surface area contributed by atoms with Gasteiger partial charge >= 0.3 is 103 Å². The first kappa shape index (κ1) is 91.0. The number of rotatable bonds is 22. The molecule has 0 aliphatic carbocycles. The predicted molar refractivity (Wildman–Crippen MR) is 438 cm³/mol. The fraction of sp³-hybridized carbons (Fsp3) is 0.210. The first-order valence-electron chi connectivity index (χ1n) is 34.1. The summed E-state index contributed by atoms with van der Waals surface area (Å²) in [6.07, 6.45) is 13.5. The molecule has 1 N–H and O–H groups in total. The van der Waals surface area contributed by atoms with Crippen molar-refractivity contribution in [2.24, 2.45) is 0 Å². The SMILES string of the molecule is CCOC(=O)c1nc(-c2ccncc2)oc1Cc1ccc(Cl)cc1.CCOC(=O)c1nc(I)oc1Cc1ccc(Cl)cc1.CCOC(=O)c1ncoc1Cc1ccc(Cl)cc1.O=C(Cl)Cc1ccc(Cl)cc1.O=C(O)c1nc(-c2ccncc2)oc1Cc1ccc(Cl)cc1.[C-]#[N+]CC(=O)OCC.[CH3][Sn]([CH3])([CH3])[c]1ccncc1. The second-order valence-corrected chi connectivity index (χ2v) is 41.9. The molecule has 0 saturated heterocycles. The quantitative estimate of drug-likeness (QED) is 0.0165. The molecule has 0 bridgehead atoms. The molecule has 7 aromatic heterocycles. The van der Waals surface area contributed by atoms with Crippen LogP contribution in [-0.2, 0) is 60.6 Å². The maximum absolute atomic E-state index is 12.2. The summed E-state index contributed by atoms with van der Waals surface area (Å²) in [4.78, 5) is 106. The Bertz CT molecular complexity index is 4970. The van der Waals surface area contributed by atoms with Gasteiger partial charge in [-0.05, 0) is 152 Å². The summed E-state index contributed by atoms with van der Waals surface area (Å²) in [5, 5.41) is 12.2. The number of aromatic nitrogens is 7. The number of ether oxygens (including phenoxy) is 4. The Morgan fingerprint density at radius 3 is 1.12 bits per heavy atom. The van der Waals surface area contributed by atoms with Crippen LogP contribution in [0.5, 0.6) is 0 Å². The summed E-state index contributed by atoms with van der Waals surface area (Å²) < 4.78 is 43.5. The Hall–Kier alpha value is -9.83. The van der Waals surface area contributed by atoms with Crippen molar-refractivity contribution in [2.45, 2.75) is 74.6 Å². The number of benzene rings is 5. The number of nitrogens with zero attached hydrogens (tertiary/aromatic N) is 8. The average molecular weight is 1860 g/mol. The molecule has 0 saturated carbocycles. The number of carboxylic acid groups (broad SMARTS) is 1. The van der Waals surface area contributed by atoms with Crippen LogP contribution in [0.2, 0.25) is 39.9 Å². The van der Waals surface area contributed by atoms with E-state index in [1.807, 2.05) is 83.5 Å². The van der Waals surface area contributed by atoms with Crippen LogP contribution < -0.4 is 3.58 Å². The first-order valence-corrected chi connectivity index (χ1v) is 47.5. The van der Waals surface area contributed by atoms with E-state index >= 15 is 0 Å². The van der Waals surface area contributed by atoms with Gasteiger partial charge in [0.1, 0.15) is 23.0 Å². The Morgan fingerprint density at radius 2 is 0.777 bits per heavy atom. The van der Waals surface area contributed by atoms with Gasteiger partial charge in [-0.25, -0.2) is 45.5 Å². The number of aromatic carboxylic acids is 1. The van der Waals surface area contributed by atoms with Crippen LogP contribution >= 0.6 is 92.2 Å². The molecule has 12 aromatic rings. The number of carboxylic acids is 1. The maximum atomic E-state index is 12.2. The molecule has 582 valence electrons. The number of esters is 4. The Balaban J connectivity index is 0.000000210. The molecule has 0 atom stereocenters. The van der Waals surface area contributed by atoms with Gasteiger partial charge in [0.15, 0.2) is 29.2 Å². The standard InChI is InChI=1S/C18H15ClN2O3.C16H11ClN2O3.C13H11ClINO3.C13H12ClNO3.C8H6Cl2O.C5H7NO2.C5H4N.3CH3.Sn/c1-2-23-18(22)16-15(11-12-3-5-14(19)6-4-12)24-17(21-16)13-7-9-20-10-8-13;17-12-3-1-10(2-4-12)9-13-14(16(20)21)19-15(22-13)11-5-7-18-8-6-11;1-2-18-12(17)11-10(19-13(15)16-11)7-8-3-5-9(14)6-4-8;1-2-17-13(16)12-11(18-8-15-12)7-9-3-5-10(14)6-4-9;9-7-3-1-6(2-4-7)5-8(10)11;1-3-8-5(7)4-6-2;1-2-4-6-5-3-1;;;;/h3-10H,2,11H2,1H3;1-8H,9H2,(H,20,21);3-6H,2,7H2,1H3;3-6,8H,2,7H2,1H3;1-4H,5H2;3-4H2,1H3;2-5H;3*1H3;. The Morgan fingerprint density at radius 1 is 0.446 bits per heavy atom. The molecule has 0 unspecified atom stereocenters. The number of pyridine rings is 3. The zero-order chi connectivity index (χ0) is 81.5. The number of halogens is 7. The molecule has 0 spiro atoms. The molecule has 0 fully saturated rings. The van der Waals surface area contributed by atoms with Crippen LogP contribution in [-0.4, -0.2) is 126 Å². The van der Waals surface area contributed by atoms with Crippen LogP contribution in [0, 0.1) is 10.5 Å². The van der Waals surface area contributed by atoms with E-state index in [-0.39, 0.29) is 53.5 Å². The van der Waals surface area contributed by atoms with E-state index in [0.717, 1.165) is 33.4 Å². The zero-order valence-electron chi connectivity index (χ0n) is 61.5. The molecule has 5 aromatic carbocycles. The molecule has 7 heterocycles. The molecule has 12 rings (SSSR count). The normalized spacial score (nSPS) is 10.3. The fourth-order valence-electron chi connectivity index (χ4n) is 9.31. The number of hydrogen-bond donors (Lipinski definition) is 1. The van der Waals surface area contributed by atoms with Crippen molar-refractivity contribution in [3.63, 3.8) is 0 Å². The van der Waals surface area contributed by atoms with E-state index < -0.39 is 48.2 Å². The average Bonchev–Trinajstić information content (AvgIpc) is 1.68. The van der Waals surface area contributed by atoms with Gasteiger partial charge in [-0.15, -0.1) is 0 Å². The van der Waals surface area contributed by atoms with E-state index in [1.54, 1.807) is 153 Å². The summed E-state index contributed by atoms with van der Waals surface area (Å²) in [7, 11) is 0. The van der Waals surface area contributed by atoms with Crippen molar-refractivity contribution < 1.29 is 70.5 Å². The van der Waals surface area contributed by atoms with Gasteiger partial charge in [0.25, 0.3) is 3.90 Å². The predicted octanol–water partition coefficient (Wildman–Crippen LogP) is 19.4. The third-order valence-electron chi connectivity index (χ3n) is 14.6. The van der Waals surface area contributed by atoms with Crippen LogP contribution in [0.3, 0.4) is 0 Å². The summed E-state index contributed by atoms with van der Waals surface area (Å²) in [5.41, 5.74) is 6.72. The van der Waals surface area contributed by atoms with Crippen molar-refractivity contribution in [1.29, 1.82) is 0 Å². The molecule has 0 aliphatic rings. The molecular weight excluding hydrogens is 1780 g/mol. The molecule has 23 nitrogen and oxygen atoms in total. The summed E-state index contributed by atoms with van der Waals surface area (Å²) >= 11 is 34.4. The second-order valence-electron chi connectivity index (χ2n) is 23.9. The van der Waals surface area contributed by atoms with Crippen molar-refractivity contribution >= 4 is 149 Å². The van der Waals surface area contributed by atoms with E-state index in [9.17, 15) is 33.9 Å². The zero-order valence-corrected chi connectivity index (χ0v) is 71.1. The molecule has 31 heteroatoms. The van der Waals surface area contributed by atoms with Gasteiger partial charge in [0.2, 0.25) is 17.0 Å². The van der Waals surface area contributed by atoms with E-state index in [1.165, 1.54) is 6.39 Å². The minimum absolute atomic E-state index is 0.0817. The topological polar surface area (TPSA) is 307 Å². The molecule has 0 amide bonds. The van der Waals surface area contributed by atoms with Gasteiger partial charge in [0, 0.05) is 116 Å². The monoisotopic (exact) mass is 1860 g/mol. The third kappa shape index (κ3) is 32.1. The van der Waals surface area contributed by atoms with Crippen LogP contribution in [0.4, 0.5) is 0 Å². The van der Waals surface area contributed by atoms with Crippen LogP contribution in [0.15, 0.2) is 219 Å². The molecule has 0 radical (unpaired) electrons. The van der Waals surface area contributed by atoms with Crippen LogP contribution in [0.25, 0.3) is 27.8 Å². The Labute approximate surface area is 694 Å².